The Morgan fingerprint density at radius 3 is 2.50 bits per heavy atom. The zero-order chi connectivity index (χ0) is 19.8. The van der Waals surface area contributed by atoms with Crippen molar-refractivity contribution in [1.82, 2.24) is 9.55 Å². The van der Waals surface area contributed by atoms with Gasteiger partial charge >= 0.3 is 0 Å². The Bertz CT molecular complexity index is 1250. The van der Waals surface area contributed by atoms with Crippen LogP contribution in [0.25, 0.3) is 22.0 Å². The second-order valence-electron chi connectivity index (χ2n) is 6.96. The molecule has 0 atom stereocenters. The maximum atomic E-state index is 13.1. The van der Waals surface area contributed by atoms with E-state index in [2.05, 4.69) is 4.98 Å². The highest BCUT2D eigenvalue weighted by atomic mass is 16.4. The normalized spacial score (nSPS) is 11.1. The predicted octanol–water partition coefficient (Wildman–Crippen LogP) is 4.46. The van der Waals surface area contributed by atoms with E-state index in [0.29, 0.717) is 22.5 Å². The van der Waals surface area contributed by atoms with Gasteiger partial charge in [-0.15, -0.1) is 0 Å². The SMILES string of the molecule is Cc1ccc2c(=O)c(-c3ccccc3)cn(CC(=O)c3oc(C)nc3C)c2c1. The first kappa shape index (κ1) is 17.9. The number of pyridine rings is 1. The number of carbonyl (C=O) groups is 1. The molecule has 0 fully saturated rings. The summed E-state index contributed by atoms with van der Waals surface area (Å²) in [7, 11) is 0. The van der Waals surface area contributed by atoms with Crippen molar-refractivity contribution in [3.05, 3.63) is 87.9 Å². The lowest BCUT2D eigenvalue weighted by molar-refractivity contribution is 0.0944. The number of hydrogen-bond acceptors (Lipinski definition) is 4. The van der Waals surface area contributed by atoms with Crippen molar-refractivity contribution in [2.24, 2.45) is 0 Å². The molecule has 140 valence electrons. The number of aromatic nitrogens is 2. The van der Waals surface area contributed by atoms with Crippen LogP contribution in [0.2, 0.25) is 0 Å². The predicted molar refractivity (Wildman–Crippen MR) is 109 cm³/mol. The van der Waals surface area contributed by atoms with Gasteiger partial charge < -0.3 is 8.98 Å². The van der Waals surface area contributed by atoms with Crippen molar-refractivity contribution < 1.29 is 9.21 Å². The van der Waals surface area contributed by atoms with Gasteiger partial charge in [0.1, 0.15) is 0 Å². The molecule has 5 nitrogen and oxygen atoms in total. The number of benzene rings is 2. The molecule has 2 heterocycles. The van der Waals surface area contributed by atoms with Gasteiger partial charge in [0.2, 0.25) is 5.78 Å². The van der Waals surface area contributed by atoms with E-state index in [1.165, 1.54) is 0 Å². The summed E-state index contributed by atoms with van der Waals surface area (Å²) in [4.78, 5) is 30.1. The molecule has 4 rings (SSSR count). The number of carbonyl (C=O) groups excluding carboxylic acids is 1. The third kappa shape index (κ3) is 3.16. The number of hydrogen-bond donors (Lipinski definition) is 0. The minimum Gasteiger partial charge on any atom is -0.438 e. The summed E-state index contributed by atoms with van der Waals surface area (Å²) >= 11 is 0. The van der Waals surface area contributed by atoms with Crippen LogP contribution in [-0.2, 0) is 6.54 Å². The molecule has 0 amide bonds. The van der Waals surface area contributed by atoms with Crippen molar-refractivity contribution in [2.45, 2.75) is 27.3 Å². The van der Waals surface area contributed by atoms with Gasteiger partial charge in [0.15, 0.2) is 17.1 Å². The number of oxazole rings is 1. The highest BCUT2D eigenvalue weighted by molar-refractivity contribution is 5.95. The minimum absolute atomic E-state index is 0.0448. The standard InChI is InChI=1S/C23H20N2O3/c1-14-9-10-18-20(11-14)25(13-21(26)23-15(2)24-16(3)28-23)12-19(22(18)27)17-7-5-4-6-8-17/h4-12H,13H2,1-3H3. The van der Waals surface area contributed by atoms with E-state index in [-0.39, 0.29) is 23.5 Å². The molecule has 0 N–H and O–H groups in total. The average Bonchev–Trinajstić information content (AvgIpc) is 3.03. The first-order valence-electron chi connectivity index (χ1n) is 9.10. The van der Waals surface area contributed by atoms with Crippen LogP contribution in [0.1, 0.15) is 27.7 Å². The molecule has 0 saturated carbocycles. The summed E-state index contributed by atoms with van der Waals surface area (Å²) in [6.45, 7) is 5.50. The zero-order valence-corrected chi connectivity index (χ0v) is 16.0. The van der Waals surface area contributed by atoms with Crippen molar-refractivity contribution in [3.8, 4) is 11.1 Å². The van der Waals surface area contributed by atoms with Gasteiger partial charge in [0.05, 0.1) is 17.8 Å². The smallest absolute Gasteiger partial charge is 0.219 e. The lowest BCUT2D eigenvalue weighted by atomic mass is 10.0. The lowest BCUT2D eigenvalue weighted by Crippen LogP contribution is -2.17. The van der Waals surface area contributed by atoms with Crippen LogP contribution < -0.4 is 5.43 Å². The fourth-order valence-corrected chi connectivity index (χ4v) is 3.47. The second-order valence-corrected chi connectivity index (χ2v) is 6.96. The van der Waals surface area contributed by atoms with Crippen LogP contribution in [0.15, 0.2) is 63.9 Å². The van der Waals surface area contributed by atoms with Crippen LogP contribution in [0, 0.1) is 20.8 Å². The van der Waals surface area contributed by atoms with Crippen LogP contribution in [-0.4, -0.2) is 15.3 Å². The van der Waals surface area contributed by atoms with Crippen LogP contribution in [0.3, 0.4) is 0 Å². The molecule has 28 heavy (non-hydrogen) atoms. The Morgan fingerprint density at radius 2 is 1.82 bits per heavy atom. The molecule has 0 unspecified atom stereocenters. The Hall–Kier alpha value is -3.47. The monoisotopic (exact) mass is 372 g/mol. The molecule has 0 aliphatic heterocycles. The largest absolute Gasteiger partial charge is 0.438 e. The molecule has 2 aromatic heterocycles. The van der Waals surface area contributed by atoms with E-state index in [0.717, 1.165) is 16.6 Å². The minimum atomic E-state index is -0.177. The van der Waals surface area contributed by atoms with E-state index in [1.807, 2.05) is 60.0 Å². The number of aryl methyl sites for hydroxylation is 3. The Kier molecular flexibility index (Phi) is 4.43. The molecular weight excluding hydrogens is 352 g/mol. The van der Waals surface area contributed by atoms with Crippen molar-refractivity contribution in [2.75, 3.05) is 0 Å². The van der Waals surface area contributed by atoms with Gasteiger partial charge in [-0.05, 0) is 37.1 Å². The molecule has 0 aliphatic rings. The fraction of sp³-hybridized carbons (Fsp3) is 0.174. The number of Topliss-reactive ketones (excluding diaryl/α,β-unsaturated/α-hetero) is 1. The zero-order valence-electron chi connectivity index (χ0n) is 16.0. The summed E-state index contributed by atoms with van der Waals surface area (Å²) in [5.41, 5.74) is 3.67. The summed E-state index contributed by atoms with van der Waals surface area (Å²) in [5, 5.41) is 0.588. The maximum absolute atomic E-state index is 13.1. The average molecular weight is 372 g/mol. The van der Waals surface area contributed by atoms with E-state index >= 15 is 0 Å². The van der Waals surface area contributed by atoms with E-state index in [1.54, 1.807) is 20.0 Å². The first-order chi connectivity index (χ1) is 13.4. The summed E-state index contributed by atoms with van der Waals surface area (Å²) in [6.07, 6.45) is 1.76. The molecule has 2 aromatic carbocycles. The van der Waals surface area contributed by atoms with Crippen LogP contribution >= 0.6 is 0 Å². The number of fused-ring (bicyclic) bond motifs is 1. The number of nitrogens with zero attached hydrogens (tertiary/aromatic N) is 2. The maximum Gasteiger partial charge on any atom is 0.219 e. The van der Waals surface area contributed by atoms with Gasteiger partial charge in [-0.1, -0.05) is 36.4 Å². The Morgan fingerprint density at radius 1 is 1.07 bits per heavy atom. The van der Waals surface area contributed by atoms with Crippen LogP contribution in [0.5, 0.6) is 0 Å². The molecule has 0 bridgehead atoms. The van der Waals surface area contributed by atoms with Gasteiger partial charge in [0, 0.05) is 24.1 Å². The topological polar surface area (TPSA) is 65.1 Å². The molecule has 0 spiro atoms. The highest BCUT2D eigenvalue weighted by Gasteiger charge is 2.18. The number of ketones is 1. The third-order valence-corrected chi connectivity index (χ3v) is 4.79. The summed E-state index contributed by atoms with van der Waals surface area (Å²) in [5.74, 6) is 0.549. The summed E-state index contributed by atoms with van der Waals surface area (Å²) < 4.78 is 7.31. The quantitative estimate of drug-likeness (QED) is 0.496. The fourth-order valence-electron chi connectivity index (χ4n) is 3.47. The third-order valence-electron chi connectivity index (χ3n) is 4.79. The van der Waals surface area contributed by atoms with Crippen molar-refractivity contribution in [3.63, 3.8) is 0 Å². The van der Waals surface area contributed by atoms with E-state index < -0.39 is 0 Å². The van der Waals surface area contributed by atoms with Crippen LogP contribution in [0.4, 0.5) is 0 Å². The Balaban J connectivity index is 1.90. The molecule has 4 aromatic rings. The lowest BCUT2D eigenvalue weighted by Gasteiger charge is -2.13. The molecule has 0 radical (unpaired) electrons. The van der Waals surface area contributed by atoms with Gasteiger partial charge in [-0.25, -0.2) is 4.98 Å². The molecule has 0 saturated heterocycles. The second kappa shape index (κ2) is 6.93. The van der Waals surface area contributed by atoms with Gasteiger partial charge in [-0.2, -0.15) is 0 Å². The summed E-state index contributed by atoms with van der Waals surface area (Å²) in [6, 6.07) is 15.1. The van der Waals surface area contributed by atoms with Gasteiger partial charge in [-0.3, -0.25) is 9.59 Å². The molecule has 0 aliphatic carbocycles. The van der Waals surface area contributed by atoms with Gasteiger partial charge in [0.25, 0.3) is 0 Å². The van der Waals surface area contributed by atoms with Crippen molar-refractivity contribution >= 4 is 16.7 Å². The Labute approximate surface area is 162 Å². The van der Waals surface area contributed by atoms with Crippen molar-refractivity contribution in [1.29, 1.82) is 0 Å². The van der Waals surface area contributed by atoms with E-state index in [9.17, 15) is 9.59 Å². The molecule has 5 heteroatoms. The first-order valence-corrected chi connectivity index (χ1v) is 9.10. The highest BCUT2D eigenvalue weighted by Crippen LogP contribution is 2.22. The molecular formula is C23H20N2O3. The van der Waals surface area contributed by atoms with E-state index in [4.69, 9.17) is 4.42 Å². The number of rotatable bonds is 4.